The predicted molar refractivity (Wildman–Crippen MR) is 115 cm³/mol. The number of ether oxygens (including phenoxy) is 1. The number of aliphatic hydroxyl groups is 1. The van der Waals surface area contributed by atoms with Crippen molar-refractivity contribution in [2.75, 3.05) is 20.2 Å². The third-order valence-electron chi connectivity index (χ3n) is 4.72. The van der Waals surface area contributed by atoms with Crippen LogP contribution in [-0.4, -0.2) is 56.3 Å². The molecule has 1 amide bonds. The number of nitrogens with zero attached hydrogens (tertiary/aromatic N) is 1. The summed E-state index contributed by atoms with van der Waals surface area (Å²) in [6.07, 6.45) is -2.63. The van der Waals surface area contributed by atoms with Gasteiger partial charge in [-0.2, -0.15) is 4.31 Å². The van der Waals surface area contributed by atoms with Crippen LogP contribution in [0.4, 0.5) is 4.79 Å². The summed E-state index contributed by atoms with van der Waals surface area (Å²) in [4.78, 5) is 11.2. The first-order chi connectivity index (χ1) is 14.6. The number of hydrogen-bond donors (Lipinski definition) is 2. The Bertz CT molecular complexity index is 932. The van der Waals surface area contributed by atoms with Crippen molar-refractivity contribution in [3.05, 3.63) is 60.2 Å². The van der Waals surface area contributed by atoms with Gasteiger partial charge in [-0.05, 0) is 42.2 Å². The number of rotatable bonds is 11. The zero-order valence-corrected chi connectivity index (χ0v) is 18.7. The Hall–Kier alpha value is -2.62. The summed E-state index contributed by atoms with van der Waals surface area (Å²) in [5, 5.41) is 24.2. The van der Waals surface area contributed by atoms with Crippen molar-refractivity contribution >= 4 is 16.1 Å². The summed E-state index contributed by atoms with van der Waals surface area (Å²) >= 11 is 0. The lowest BCUT2D eigenvalue weighted by Gasteiger charge is -2.31. The average Bonchev–Trinajstić information content (AvgIpc) is 2.73. The summed E-state index contributed by atoms with van der Waals surface area (Å²) in [7, 11) is -2.44. The van der Waals surface area contributed by atoms with Crippen molar-refractivity contribution in [2.24, 2.45) is 5.92 Å². The van der Waals surface area contributed by atoms with Crippen molar-refractivity contribution in [3.8, 4) is 5.75 Å². The van der Waals surface area contributed by atoms with E-state index in [2.05, 4.69) is 5.32 Å². The van der Waals surface area contributed by atoms with E-state index in [9.17, 15) is 23.4 Å². The molecule has 2 atom stereocenters. The molecular weight excluding hydrogens is 420 g/mol. The molecule has 8 nitrogen and oxygen atoms in total. The zero-order chi connectivity index (χ0) is 23.0. The number of aliphatic hydroxyl groups excluding tert-OH is 1. The number of hydrogen-bond acceptors (Lipinski definition) is 6. The maximum absolute atomic E-state index is 13.2. The summed E-state index contributed by atoms with van der Waals surface area (Å²) < 4.78 is 32.7. The molecule has 0 fully saturated rings. The van der Waals surface area contributed by atoms with Gasteiger partial charge in [0.05, 0.1) is 24.2 Å². The van der Waals surface area contributed by atoms with Crippen molar-refractivity contribution < 1.29 is 28.2 Å². The van der Waals surface area contributed by atoms with Crippen LogP contribution in [0.1, 0.15) is 19.4 Å². The quantitative estimate of drug-likeness (QED) is 0.533. The van der Waals surface area contributed by atoms with E-state index in [1.165, 1.54) is 23.5 Å². The van der Waals surface area contributed by atoms with E-state index in [1.807, 2.05) is 19.9 Å². The number of benzene rings is 2. The van der Waals surface area contributed by atoms with Gasteiger partial charge in [-0.1, -0.05) is 44.2 Å². The van der Waals surface area contributed by atoms with Crippen molar-refractivity contribution in [1.29, 1.82) is 0 Å². The van der Waals surface area contributed by atoms with Crippen molar-refractivity contribution in [2.45, 2.75) is 37.3 Å². The second kappa shape index (κ2) is 11.1. The Morgan fingerprint density at radius 2 is 1.71 bits per heavy atom. The standard InChI is InChI=1S/C22H30N2O6S/c1-16(2)14-24(31(28,29)19-11-9-18(30-3)10-12-19)15-21(25)20(23-22(26)27)13-17-7-5-4-6-8-17/h4-12,16,20-21,23,25H,13-15H2,1-3H3,(H,26,27)/p-1. The SMILES string of the molecule is COc1ccc(S(=O)(=O)N(CC(C)C)CC(O)C(Cc2ccccc2)NC(=O)[O-])cc1. The van der Waals surface area contributed by atoms with Crippen LogP contribution in [0, 0.1) is 5.92 Å². The van der Waals surface area contributed by atoms with E-state index in [-0.39, 0.29) is 30.3 Å². The molecule has 0 aliphatic carbocycles. The predicted octanol–water partition coefficient (Wildman–Crippen LogP) is 1.25. The minimum absolute atomic E-state index is 0.0121. The Kier molecular flexibility index (Phi) is 8.85. The van der Waals surface area contributed by atoms with Gasteiger partial charge in [0.2, 0.25) is 10.0 Å². The van der Waals surface area contributed by atoms with Crippen LogP contribution in [0.15, 0.2) is 59.5 Å². The first-order valence-corrected chi connectivity index (χ1v) is 11.4. The molecule has 2 aromatic rings. The molecule has 0 radical (unpaired) electrons. The molecule has 2 rings (SSSR count). The Morgan fingerprint density at radius 1 is 1.10 bits per heavy atom. The van der Waals surface area contributed by atoms with Gasteiger partial charge in [-0.3, -0.25) is 0 Å². The number of carbonyl (C=O) groups is 1. The molecule has 170 valence electrons. The second-order valence-electron chi connectivity index (χ2n) is 7.69. The first-order valence-electron chi connectivity index (χ1n) is 9.97. The minimum Gasteiger partial charge on any atom is -0.530 e. The van der Waals surface area contributed by atoms with Gasteiger partial charge in [0, 0.05) is 13.1 Å². The molecule has 2 aromatic carbocycles. The summed E-state index contributed by atoms with van der Waals surface area (Å²) in [5.41, 5.74) is 0.800. The number of amides is 1. The fourth-order valence-electron chi connectivity index (χ4n) is 3.21. The second-order valence-corrected chi connectivity index (χ2v) is 9.62. The van der Waals surface area contributed by atoms with E-state index in [1.54, 1.807) is 36.4 Å². The fraction of sp³-hybridized carbons (Fsp3) is 0.409. The molecule has 0 heterocycles. The lowest BCUT2D eigenvalue weighted by molar-refractivity contribution is -0.252. The van der Waals surface area contributed by atoms with Crippen LogP contribution < -0.4 is 15.2 Å². The van der Waals surface area contributed by atoms with Crippen LogP contribution in [-0.2, 0) is 16.4 Å². The van der Waals surface area contributed by atoms with E-state index in [0.717, 1.165) is 5.56 Å². The molecular formula is C22H29N2O6S-. The highest BCUT2D eigenvalue weighted by Gasteiger charge is 2.30. The third kappa shape index (κ3) is 7.23. The average molecular weight is 450 g/mol. The van der Waals surface area contributed by atoms with E-state index in [4.69, 9.17) is 4.74 Å². The van der Waals surface area contributed by atoms with Crippen LogP contribution in [0.25, 0.3) is 0 Å². The number of carboxylic acid groups (broad SMARTS) is 1. The van der Waals surface area contributed by atoms with Gasteiger partial charge in [0.25, 0.3) is 0 Å². The number of carbonyl (C=O) groups excluding carboxylic acids is 1. The van der Waals surface area contributed by atoms with Gasteiger partial charge in [-0.25, -0.2) is 8.42 Å². The summed E-state index contributed by atoms with van der Waals surface area (Å²) in [5.74, 6) is 0.511. The highest BCUT2D eigenvalue weighted by Crippen LogP contribution is 2.21. The lowest BCUT2D eigenvalue weighted by atomic mass is 10.0. The van der Waals surface area contributed by atoms with E-state index in [0.29, 0.717) is 5.75 Å². The molecule has 2 unspecified atom stereocenters. The van der Waals surface area contributed by atoms with Crippen LogP contribution in [0.3, 0.4) is 0 Å². The Labute approximate surface area is 183 Å². The Balaban J connectivity index is 2.27. The van der Waals surface area contributed by atoms with Crippen molar-refractivity contribution in [3.63, 3.8) is 0 Å². The smallest absolute Gasteiger partial charge is 0.243 e. The summed E-state index contributed by atoms with van der Waals surface area (Å²) in [6.45, 7) is 3.62. The Morgan fingerprint density at radius 3 is 2.23 bits per heavy atom. The zero-order valence-electron chi connectivity index (χ0n) is 17.9. The number of sulfonamides is 1. The maximum Gasteiger partial charge on any atom is 0.243 e. The highest BCUT2D eigenvalue weighted by molar-refractivity contribution is 7.89. The highest BCUT2D eigenvalue weighted by atomic mass is 32.2. The monoisotopic (exact) mass is 449 g/mol. The molecule has 0 aliphatic rings. The normalized spacial score (nSPS) is 13.7. The van der Waals surface area contributed by atoms with Gasteiger partial charge >= 0.3 is 0 Å². The molecule has 31 heavy (non-hydrogen) atoms. The first kappa shape index (κ1) is 24.6. The van der Waals surface area contributed by atoms with Gasteiger partial charge in [0.1, 0.15) is 11.8 Å². The molecule has 0 aliphatic heterocycles. The van der Waals surface area contributed by atoms with Crippen LogP contribution >= 0.6 is 0 Å². The van der Waals surface area contributed by atoms with Crippen LogP contribution in [0.5, 0.6) is 5.75 Å². The molecule has 2 N–H and O–H groups in total. The molecule has 0 bridgehead atoms. The molecule has 0 spiro atoms. The van der Waals surface area contributed by atoms with Crippen LogP contribution in [0.2, 0.25) is 0 Å². The van der Waals surface area contributed by atoms with E-state index < -0.39 is 28.3 Å². The largest absolute Gasteiger partial charge is 0.530 e. The summed E-state index contributed by atoms with van der Waals surface area (Å²) in [6, 6.07) is 14.1. The van der Waals surface area contributed by atoms with Crippen molar-refractivity contribution in [1.82, 2.24) is 9.62 Å². The van der Waals surface area contributed by atoms with Gasteiger partial charge in [-0.15, -0.1) is 0 Å². The molecule has 0 saturated carbocycles. The van der Waals surface area contributed by atoms with Gasteiger partial charge < -0.3 is 25.1 Å². The number of nitrogens with one attached hydrogen (secondary N) is 1. The fourth-order valence-corrected chi connectivity index (χ4v) is 4.83. The minimum atomic E-state index is -3.92. The molecule has 9 heteroatoms. The topological polar surface area (TPSA) is 119 Å². The van der Waals surface area contributed by atoms with E-state index >= 15 is 0 Å². The maximum atomic E-state index is 13.2. The third-order valence-corrected chi connectivity index (χ3v) is 6.57. The number of methoxy groups -OCH3 is 1. The molecule has 0 saturated heterocycles. The lowest BCUT2D eigenvalue weighted by Crippen LogP contribution is -2.53. The van der Waals surface area contributed by atoms with Gasteiger partial charge in [0.15, 0.2) is 0 Å². The molecule has 0 aromatic heterocycles.